The van der Waals surface area contributed by atoms with Crippen molar-refractivity contribution in [1.29, 1.82) is 0 Å². The van der Waals surface area contributed by atoms with Gasteiger partial charge in [-0.25, -0.2) is 0 Å². The second-order valence-corrected chi connectivity index (χ2v) is 9.31. The number of hydrogen-bond donors (Lipinski definition) is 1. The topological polar surface area (TPSA) is 35.6 Å². The predicted molar refractivity (Wildman–Crippen MR) is 116 cm³/mol. The highest BCUT2D eigenvalue weighted by Crippen LogP contribution is 2.40. The Bertz CT molecular complexity index is 660. The van der Waals surface area contributed by atoms with Gasteiger partial charge in [0, 0.05) is 50.4 Å². The fraction of sp³-hybridized carbons (Fsp3) is 0.708. The molecule has 28 heavy (non-hydrogen) atoms. The Morgan fingerprint density at radius 2 is 1.79 bits per heavy atom. The summed E-state index contributed by atoms with van der Waals surface area (Å²) in [5.41, 5.74) is 2.74. The Hall–Kier alpha value is -1.55. The first-order valence-corrected chi connectivity index (χ1v) is 11.5. The van der Waals surface area contributed by atoms with Crippen LogP contribution >= 0.6 is 0 Å². The van der Waals surface area contributed by atoms with Crippen molar-refractivity contribution in [1.82, 2.24) is 10.2 Å². The number of nitrogens with zero attached hydrogens (tertiary/aromatic N) is 2. The molecule has 1 amide bonds. The smallest absolute Gasteiger partial charge is 0.223 e. The molecule has 0 aromatic heterocycles. The van der Waals surface area contributed by atoms with E-state index in [0.717, 1.165) is 45.1 Å². The first kappa shape index (κ1) is 19.8. The van der Waals surface area contributed by atoms with Crippen LogP contribution in [0.15, 0.2) is 24.3 Å². The third-order valence-electron chi connectivity index (χ3n) is 7.35. The lowest BCUT2D eigenvalue weighted by Crippen LogP contribution is -2.47. The number of carbonyl (C=O) groups excluding carboxylic acids is 1. The van der Waals surface area contributed by atoms with Crippen LogP contribution in [0.5, 0.6) is 0 Å². The lowest BCUT2D eigenvalue weighted by molar-refractivity contribution is -0.123. The molecule has 1 heterocycles. The Morgan fingerprint density at radius 1 is 1.07 bits per heavy atom. The Kier molecular flexibility index (Phi) is 6.25. The number of rotatable bonds is 6. The van der Waals surface area contributed by atoms with E-state index in [2.05, 4.69) is 53.2 Å². The van der Waals surface area contributed by atoms with Gasteiger partial charge in [-0.05, 0) is 62.5 Å². The summed E-state index contributed by atoms with van der Waals surface area (Å²) in [5.74, 6) is 2.08. The average molecular weight is 384 g/mol. The summed E-state index contributed by atoms with van der Waals surface area (Å²) in [5, 5.41) is 3.36. The first-order chi connectivity index (χ1) is 13.6. The minimum atomic E-state index is 0.276. The Balaban J connectivity index is 1.17. The van der Waals surface area contributed by atoms with Crippen LogP contribution in [0, 0.1) is 24.7 Å². The molecule has 0 spiro atoms. The molecule has 4 heteroatoms. The molecule has 1 aromatic carbocycles. The molecule has 1 N–H and O–H groups in total. The zero-order chi connectivity index (χ0) is 19.5. The normalized spacial score (nSPS) is 30.9. The van der Waals surface area contributed by atoms with Gasteiger partial charge < -0.3 is 10.2 Å². The number of nitrogens with one attached hydrogen (secondary N) is 1. The number of carbonyl (C=O) groups is 1. The summed E-state index contributed by atoms with van der Waals surface area (Å²) in [6, 6.07) is 9.12. The van der Waals surface area contributed by atoms with Gasteiger partial charge in [0.2, 0.25) is 5.91 Å². The molecule has 3 fully saturated rings. The molecule has 3 aliphatic rings. The second-order valence-electron chi connectivity index (χ2n) is 9.31. The SMILES string of the molecule is CC[C@H]1CC[C@H](NC(=O)[C@@H]2C[C@H]2CN2CCN(c3ccccc3C)CC2)CC1. The number of para-hydroxylation sites is 1. The minimum absolute atomic E-state index is 0.276. The van der Waals surface area contributed by atoms with E-state index in [-0.39, 0.29) is 5.92 Å². The fourth-order valence-electron chi connectivity index (χ4n) is 5.21. The van der Waals surface area contributed by atoms with Gasteiger partial charge in [-0.2, -0.15) is 0 Å². The summed E-state index contributed by atoms with van der Waals surface area (Å²) >= 11 is 0. The van der Waals surface area contributed by atoms with Crippen molar-refractivity contribution in [2.45, 2.75) is 58.4 Å². The van der Waals surface area contributed by atoms with Crippen molar-refractivity contribution in [2.24, 2.45) is 17.8 Å². The Labute approximate surface area is 170 Å². The second kappa shape index (κ2) is 8.86. The standard InChI is InChI=1S/C24H37N3O/c1-3-19-8-10-21(11-9-19)25-24(28)22-16-20(22)17-26-12-14-27(15-13-26)23-7-5-4-6-18(23)2/h4-7,19-22H,3,8-17H2,1-2H3,(H,25,28)/t19-,20-,21-,22+/m0/s1. The van der Waals surface area contributed by atoms with Crippen LogP contribution in [0.3, 0.4) is 0 Å². The molecule has 1 saturated heterocycles. The van der Waals surface area contributed by atoms with E-state index in [1.54, 1.807) is 0 Å². The zero-order valence-corrected chi connectivity index (χ0v) is 17.7. The fourth-order valence-corrected chi connectivity index (χ4v) is 5.21. The maximum atomic E-state index is 12.6. The van der Waals surface area contributed by atoms with Gasteiger partial charge in [0.05, 0.1) is 0 Å². The van der Waals surface area contributed by atoms with Gasteiger partial charge in [0.1, 0.15) is 0 Å². The van der Waals surface area contributed by atoms with Crippen LogP contribution in [0.25, 0.3) is 0 Å². The summed E-state index contributed by atoms with van der Waals surface area (Å²) < 4.78 is 0. The largest absolute Gasteiger partial charge is 0.369 e. The summed E-state index contributed by atoms with van der Waals surface area (Å²) in [4.78, 5) is 17.7. The highest BCUT2D eigenvalue weighted by atomic mass is 16.2. The molecule has 4 rings (SSSR count). The number of hydrogen-bond acceptors (Lipinski definition) is 3. The highest BCUT2D eigenvalue weighted by molar-refractivity contribution is 5.81. The van der Waals surface area contributed by atoms with Crippen LogP contribution in [0.2, 0.25) is 0 Å². The van der Waals surface area contributed by atoms with E-state index in [9.17, 15) is 4.79 Å². The van der Waals surface area contributed by atoms with Crippen molar-refractivity contribution in [3.63, 3.8) is 0 Å². The maximum absolute atomic E-state index is 12.6. The molecular formula is C24H37N3O. The molecule has 4 nitrogen and oxygen atoms in total. The van der Waals surface area contributed by atoms with Crippen molar-refractivity contribution < 1.29 is 4.79 Å². The predicted octanol–water partition coefficient (Wildman–Crippen LogP) is 3.84. The van der Waals surface area contributed by atoms with Gasteiger partial charge in [0.15, 0.2) is 0 Å². The van der Waals surface area contributed by atoms with Crippen LogP contribution in [-0.4, -0.2) is 49.6 Å². The monoisotopic (exact) mass is 383 g/mol. The lowest BCUT2D eigenvalue weighted by atomic mass is 9.84. The van der Waals surface area contributed by atoms with Gasteiger partial charge in [-0.15, -0.1) is 0 Å². The van der Waals surface area contributed by atoms with Gasteiger partial charge in [0.25, 0.3) is 0 Å². The average Bonchev–Trinajstić information content (AvgIpc) is 3.49. The zero-order valence-electron chi connectivity index (χ0n) is 17.7. The molecule has 2 aliphatic carbocycles. The third-order valence-corrected chi connectivity index (χ3v) is 7.35. The molecule has 2 atom stereocenters. The quantitative estimate of drug-likeness (QED) is 0.811. The summed E-state index contributed by atoms with van der Waals surface area (Å²) in [7, 11) is 0. The first-order valence-electron chi connectivity index (χ1n) is 11.5. The third kappa shape index (κ3) is 4.71. The molecule has 0 radical (unpaired) electrons. The van der Waals surface area contributed by atoms with Crippen LogP contribution in [0.4, 0.5) is 5.69 Å². The minimum Gasteiger partial charge on any atom is -0.369 e. The van der Waals surface area contributed by atoms with Gasteiger partial charge in [-0.3, -0.25) is 9.69 Å². The summed E-state index contributed by atoms with van der Waals surface area (Å²) in [6.45, 7) is 10.00. The lowest BCUT2D eigenvalue weighted by Gasteiger charge is -2.37. The molecule has 1 aliphatic heterocycles. The molecule has 0 unspecified atom stereocenters. The van der Waals surface area contributed by atoms with E-state index in [0.29, 0.717) is 17.9 Å². The van der Waals surface area contributed by atoms with Gasteiger partial charge >= 0.3 is 0 Å². The molecule has 154 valence electrons. The number of anilines is 1. The van der Waals surface area contributed by atoms with E-state index in [4.69, 9.17) is 0 Å². The molecule has 2 saturated carbocycles. The molecule has 0 bridgehead atoms. The van der Waals surface area contributed by atoms with E-state index < -0.39 is 0 Å². The van der Waals surface area contributed by atoms with Crippen molar-refractivity contribution in [3.8, 4) is 0 Å². The van der Waals surface area contributed by atoms with Crippen molar-refractivity contribution in [3.05, 3.63) is 29.8 Å². The number of aryl methyl sites for hydroxylation is 1. The maximum Gasteiger partial charge on any atom is 0.223 e. The van der Waals surface area contributed by atoms with E-state index in [1.807, 2.05) is 0 Å². The van der Waals surface area contributed by atoms with Crippen molar-refractivity contribution >= 4 is 11.6 Å². The summed E-state index contributed by atoms with van der Waals surface area (Å²) in [6.07, 6.45) is 7.34. The number of benzene rings is 1. The van der Waals surface area contributed by atoms with Crippen molar-refractivity contribution in [2.75, 3.05) is 37.6 Å². The van der Waals surface area contributed by atoms with E-state index >= 15 is 0 Å². The van der Waals surface area contributed by atoms with Crippen LogP contribution in [-0.2, 0) is 4.79 Å². The van der Waals surface area contributed by atoms with E-state index in [1.165, 1.54) is 43.4 Å². The highest BCUT2D eigenvalue weighted by Gasteiger charge is 2.44. The number of piperazine rings is 1. The van der Waals surface area contributed by atoms with Crippen LogP contribution < -0.4 is 10.2 Å². The molecular weight excluding hydrogens is 346 g/mol. The molecule has 1 aromatic rings. The number of amides is 1. The van der Waals surface area contributed by atoms with Crippen LogP contribution in [0.1, 0.15) is 51.0 Å². The Morgan fingerprint density at radius 3 is 2.46 bits per heavy atom. The van der Waals surface area contributed by atoms with Gasteiger partial charge in [-0.1, -0.05) is 31.5 Å².